The highest BCUT2D eigenvalue weighted by molar-refractivity contribution is 7.11. The molecule has 96 valence electrons. The van der Waals surface area contributed by atoms with E-state index in [9.17, 15) is 4.79 Å². The summed E-state index contributed by atoms with van der Waals surface area (Å²) in [7, 11) is 0. The van der Waals surface area contributed by atoms with Gasteiger partial charge in [-0.2, -0.15) is 0 Å². The lowest BCUT2D eigenvalue weighted by Crippen LogP contribution is -2.38. The van der Waals surface area contributed by atoms with Crippen LogP contribution in [0.4, 0.5) is 0 Å². The molecule has 0 fully saturated rings. The summed E-state index contributed by atoms with van der Waals surface area (Å²) in [6.07, 6.45) is 1.83. The van der Waals surface area contributed by atoms with E-state index in [1.165, 1.54) is 0 Å². The molecule has 1 rings (SSSR count). The van der Waals surface area contributed by atoms with Gasteiger partial charge >= 0.3 is 5.97 Å². The van der Waals surface area contributed by atoms with Crippen LogP contribution in [-0.2, 0) is 16.1 Å². The molecule has 0 radical (unpaired) electrons. The minimum absolute atomic E-state index is 0.223. The van der Waals surface area contributed by atoms with Crippen LogP contribution >= 0.6 is 11.3 Å². The molecular weight excluding hydrogens is 236 g/mol. The van der Waals surface area contributed by atoms with Crippen molar-refractivity contribution in [1.82, 2.24) is 10.3 Å². The van der Waals surface area contributed by atoms with Gasteiger partial charge in [-0.1, -0.05) is 0 Å². The van der Waals surface area contributed by atoms with E-state index < -0.39 is 5.60 Å². The minimum Gasteiger partial charge on any atom is -0.459 e. The summed E-state index contributed by atoms with van der Waals surface area (Å²) in [6, 6.07) is -0.309. The molecule has 0 saturated heterocycles. The fourth-order valence-electron chi connectivity index (χ4n) is 1.21. The van der Waals surface area contributed by atoms with E-state index in [1.54, 1.807) is 11.3 Å². The van der Waals surface area contributed by atoms with Crippen molar-refractivity contribution >= 4 is 17.3 Å². The molecule has 1 aromatic rings. The Labute approximate surface area is 106 Å². The number of thiazole rings is 1. The summed E-state index contributed by atoms with van der Waals surface area (Å²) in [4.78, 5) is 17.0. The Morgan fingerprint density at radius 1 is 1.59 bits per heavy atom. The van der Waals surface area contributed by atoms with Crippen molar-refractivity contribution < 1.29 is 9.53 Å². The van der Waals surface area contributed by atoms with Crippen LogP contribution in [0.2, 0.25) is 0 Å². The van der Waals surface area contributed by atoms with E-state index in [0.717, 1.165) is 9.88 Å². The molecule has 0 aliphatic heterocycles. The van der Waals surface area contributed by atoms with Crippen molar-refractivity contribution in [2.45, 2.75) is 52.8 Å². The minimum atomic E-state index is -0.436. The molecule has 1 atom stereocenters. The quantitative estimate of drug-likeness (QED) is 0.840. The van der Waals surface area contributed by atoms with Gasteiger partial charge in [0.05, 0.1) is 5.01 Å². The lowest BCUT2D eigenvalue weighted by atomic mass is 10.2. The average molecular weight is 256 g/mol. The van der Waals surface area contributed by atoms with Crippen LogP contribution in [0, 0.1) is 6.92 Å². The number of hydrogen-bond donors (Lipinski definition) is 1. The number of esters is 1. The van der Waals surface area contributed by atoms with Gasteiger partial charge in [0.15, 0.2) is 0 Å². The molecule has 0 aliphatic rings. The first kappa shape index (κ1) is 14.1. The molecule has 1 N–H and O–H groups in total. The predicted molar refractivity (Wildman–Crippen MR) is 69.0 cm³/mol. The van der Waals surface area contributed by atoms with Gasteiger partial charge in [0.25, 0.3) is 0 Å². The monoisotopic (exact) mass is 256 g/mol. The molecule has 1 unspecified atom stereocenters. The topological polar surface area (TPSA) is 51.2 Å². The van der Waals surface area contributed by atoms with Crippen molar-refractivity contribution in [3.63, 3.8) is 0 Å². The molecule has 0 saturated carbocycles. The van der Waals surface area contributed by atoms with Gasteiger partial charge in [0.1, 0.15) is 11.6 Å². The van der Waals surface area contributed by atoms with Crippen LogP contribution in [0.25, 0.3) is 0 Å². The number of nitrogens with zero attached hydrogens (tertiary/aromatic N) is 1. The highest BCUT2D eigenvalue weighted by Crippen LogP contribution is 2.12. The van der Waals surface area contributed by atoms with Gasteiger partial charge in [-0.3, -0.25) is 10.1 Å². The van der Waals surface area contributed by atoms with Gasteiger partial charge < -0.3 is 4.74 Å². The summed E-state index contributed by atoms with van der Waals surface area (Å²) < 4.78 is 5.28. The molecule has 1 aromatic heterocycles. The summed E-state index contributed by atoms with van der Waals surface area (Å²) in [6.45, 7) is 10.0. The van der Waals surface area contributed by atoms with E-state index in [-0.39, 0.29) is 12.0 Å². The number of aromatic nitrogens is 1. The maximum absolute atomic E-state index is 11.7. The predicted octanol–water partition coefficient (Wildman–Crippen LogP) is 2.27. The molecule has 1 heterocycles. The molecular formula is C12H20N2O2S. The maximum Gasteiger partial charge on any atom is 0.323 e. The second-order valence-corrected chi connectivity index (χ2v) is 6.30. The van der Waals surface area contributed by atoms with Gasteiger partial charge in [-0.15, -0.1) is 11.3 Å². The Morgan fingerprint density at radius 3 is 2.71 bits per heavy atom. The van der Waals surface area contributed by atoms with Gasteiger partial charge in [-0.05, 0) is 34.6 Å². The summed E-state index contributed by atoms with van der Waals surface area (Å²) in [5.41, 5.74) is -0.436. The third-order valence-corrected chi connectivity index (χ3v) is 2.92. The molecule has 0 spiro atoms. The Morgan fingerprint density at radius 2 is 2.24 bits per heavy atom. The second kappa shape index (κ2) is 5.60. The summed E-state index contributed by atoms with van der Waals surface area (Å²) in [5.74, 6) is -0.223. The number of rotatable bonds is 4. The fourth-order valence-corrected chi connectivity index (χ4v) is 1.96. The molecule has 0 aromatic carbocycles. The number of ether oxygens (including phenoxy) is 1. The zero-order valence-corrected chi connectivity index (χ0v) is 11.9. The van der Waals surface area contributed by atoms with Crippen molar-refractivity contribution in [3.05, 3.63) is 16.1 Å². The highest BCUT2D eigenvalue weighted by atomic mass is 32.1. The van der Waals surface area contributed by atoms with E-state index in [2.05, 4.69) is 10.3 Å². The van der Waals surface area contributed by atoms with Crippen LogP contribution < -0.4 is 5.32 Å². The molecule has 0 amide bonds. The standard InChI is InChI=1S/C12H20N2O2S/c1-8(11(15)16-12(3,4)5)13-6-10-7-14-9(2)17-10/h7-8,13H,6H2,1-5H3. The van der Waals surface area contributed by atoms with Crippen molar-refractivity contribution in [2.24, 2.45) is 0 Å². The van der Waals surface area contributed by atoms with Crippen LogP contribution in [0.1, 0.15) is 37.6 Å². The Bertz CT molecular complexity index is 382. The van der Waals surface area contributed by atoms with Crippen LogP contribution in [0.15, 0.2) is 6.20 Å². The van der Waals surface area contributed by atoms with Crippen LogP contribution in [0.3, 0.4) is 0 Å². The first-order chi connectivity index (χ1) is 7.78. The molecule has 0 aliphatic carbocycles. The van der Waals surface area contributed by atoms with E-state index in [1.807, 2.05) is 40.8 Å². The van der Waals surface area contributed by atoms with Crippen molar-refractivity contribution in [2.75, 3.05) is 0 Å². The van der Waals surface area contributed by atoms with E-state index in [4.69, 9.17) is 4.74 Å². The summed E-state index contributed by atoms with van der Waals surface area (Å²) in [5, 5.41) is 4.16. The van der Waals surface area contributed by atoms with Crippen LogP contribution in [0.5, 0.6) is 0 Å². The van der Waals surface area contributed by atoms with Gasteiger partial charge in [0, 0.05) is 17.6 Å². The number of hydrogen-bond acceptors (Lipinski definition) is 5. The lowest BCUT2D eigenvalue weighted by molar-refractivity contribution is -0.157. The van der Waals surface area contributed by atoms with Gasteiger partial charge in [0.2, 0.25) is 0 Å². The lowest BCUT2D eigenvalue weighted by Gasteiger charge is -2.22. The molecule has 5 heteroatoms. The third-order valence-electron chi connectivity index (χ3n) is 2.01. The number of nitrogens with one attached hydrogen (secondary N) is 1. The number of carbonyl (C=O) groups excluding carboxylic acids is 1. The number of aryl methyl sites for hydroxylation is 1. The third kappa shape index (κ3) is 5.28. The van der Waals surface area contributed by atoms with E-state index >= 15 is 0 Å². The Hall–Kier alpha value is -0.940. The maximum atomic E-state index is 11.7. The Kier molecular flexibility index (Phi) is 4.65. The second-order valence-electron chi connectivity index (χ2n) is 4.98. The normalized spacial score (nSPS) is 13.5. The van der Waals surface area contributed by atoms with Crippen molar-refractivity contribution in [1.29, 1.82) is 0 Å². The number of carbonyl (C=O) groups is 1. The zero-order valence-electron chi connectivity index (χ0n) is 11.0. The van der Waals surface area contributed by atoms with Crippen molar-refractivity contribution in [3.8, 4) is 0 Å². The van der Waals surface area contributed by atoms with Gasteiger partial charge in [-0.25, -0.2) is 4.98 Å². The largest absolute Gasteiger partial charge is 0.459 e. The molecule has 0 bridgehead atoms. The smallest absolute Gasteiger partial charge is 0.323 e. The SMILES string of the molecule is Cc1ncc(CNC(C)C(=O)OC(C)(C)C)s1. The summed E-state index contributed by atoms with van der Waals surface area (Å²) >= 11 is 1.63. The van der Waals surface area contributed by atoms with Crippen LogP contribution in [-0.4, -0.2) is 22.6 Å². The van der Waals surface area contributed by atoms with E-state index in [0.29, 0.717) is 6.54 Å². The fraction of sp³-hybridized carbons (Fsp3) is 0.667. The zero-order chi connectivity index (χ0) is 13.1. The Balaban J connectivity index is 2.39. The average Bonchev–Trinajstić information content (AvgIpc) is 2.58. The first-order valence-corrected chi connectivity index (χ1v) is 6.47. The highest BCUT2D eigenvalue weighted by Gasteiger charge is 2.21. The first-order valence-electron chi connectivity index (χ1n) is 5.65. The molecule has 17 heavy (non-hydrogen) atoms. The molecule has 4 nitrogen and oxygen atoms in total.